The third-order valence-electron chi connectivity index (χ3n) is 2.63. The molecule has 0 aliphatic heterocycles. The maximum atomic E-state index is 12.4. The highest BCUT2D eigenvalue weighted by atomic mass is 127. The smallest absolute Gasteiger partial charge is 0.370 e. The molecule has 0 heterocycles. The number of rotatable bonds is 5. The van der Waals surface area contributed by atoms with Gasteiger partial charge >= 0.3 is 6.18 Å². The van der Waals surface area contributed by atoms with Crippen LogP contribution in [0.5, 0.6) is 0 Å². The summed E-state index contributed by atoms with van der Waals surface area (Å²) >= 11 is 0. The van der Waals surface area contributed by atoms with Gasteiger partial charge in [-0.25, -0.2) is 0 Å². The summed E-state index contributed by atoms with van der Waals surface area (Å²) in [6.45, 7) is 5.27. The highest BCUT2D eigenvalue weighted by Crippen LogP contribution is 2.29. The van der Waals surface area contributed by atoms with Crippen molar-refractivity contribution in [3.05, 3.63) is 35.4 Å². The predicted molar refractivity (Wildman–Crippen MR) is 89.9 cm³/mol. The van der Waals surface area contributed by atoms with E-state index in [0.717, 1.165) is 17.7 Å². The van der Waals surface area contributed by atoms with Gasteiger partial charge in [0.15, 0.2) is 5.96 Å². The van der Waals surface area contributed by atoms with Crippen LogP contribution >= 0.6 is 24.0 Å². The van der Waals surface area contributed by atoms with Gasteiger partial charge in [-0.05, 0) is 30.0 Å². The van der Waals surface area contributed by atoms with Crippen molar-refractivity contribution in [2.24, 2.45) is 16.6 Å². The van der Waals surface area contributed by atoms with Crippen LogP contribution in [0.3, 0.4) is 0 Å². The number of aliphatic imine (C=N–C) groups is 1. The van der Waals surface area contributed by atoms with Crippen molar-refractivity contribution in [3.8, 4) is 0 Å². The molecule has 0 spiro atoms. The molecule has 3 nitrogen and oxygen atoms in total. The average molecular weight is 415 g/mol. The maximum Gasteiger partial charge on any atom is 0.416 e. The summed E-state index contributed by atoms with van der Waals surface area (Å²) < 4.78 is 37.1. The van der Waals surface area contributed by atoms with E-state index in [1.54, 1.807) is 0 Å². The molecule has 7 heteroatoms. The van der Waals surface area contributed by atoms with E-state index in [-0.39, 0.29) is 24.0 Å². The Kier molecular flexibility index (Phi) is 8.68. The number of alkyl halides is 3. The first-order valence-corrected chi connectivity index (χ1v) is 6.49. The summed E-state index contributed by atoms with van der Waals surface area (Å²) in [5.41, 5.74) is 5.85. The maximum absolute atomic E-state index is 12.4. The van der Waals surface area contributed by atoms with E-state index < -0.39 is 11.7 Å². The van der Waals surface area contributed by atoms with Crippen molar-refractivity contribution in [1.82, 2.24) is 5.32 Å². The highest BCUT2D eigenvalue weighted by Gasteiger charge is 2.29. The van der Waals surface area contributed by atoms with E-state index in [1.807, 2.05) is 13.8 Å². The Bertz CT molecular complexity index is 442. The number of guanidine groups is 1. The van der Waals surface area contributed by atoms with Crippen molar-refractivity contribution in [2.75, 3.05) is 13.1 Å². The molecule has 1 rings (SSSR count). The number of hydrogen-bond donors (Lipinski definition) is 2. The SMILES string of the molecule is CC(C)CN=C(N)NCCc1ccc(C(F)(F)F)cc1.I. The lowest BCUT2D eigenvalue weighted by atomic mass is 10.1. The summed E-state index contributed by atoms with van der Waals surface area (Å²) in [7, 11) is 0. The van der Waals surface area contributed by atoms with Crippen molar-refractivity contribution in [2.45, 2.75) is 26.4 Å². The number of nitrogens with two attached hydrogens (primary N) is 1. The minimum absolute atomic E-state index is 0. The standard InChI is InChI=1S/C14H20F3N3.HI/c1-10(2)9-20-13(18)19-8-7-11-3-5-12(6-4-11)14(15,16)17;/h3-6,10H,7-9H2,1-2H3,(H3,18,19,20);1H. The minimum atomic E-state index is -4.29. The van der Waals surface area contributed by atoms with Crippen LogP contribution in [-0.4, -0.2) is 19.0 Å². The lowest BCUT2D eigenvalue weighted by Gasteiger charge is -2.09. The number of halogens is 4. The molecule has 0 saturated heterocycles. The van der Waals surface area contributed by atoms with Crippen LogP contribution in [0.4, 0.5) is 13.2 Å². The van der Waals surface area contributed by atoms with Gasteiger partial charge in [0.05, 0.1) is 5.56 Å². The van der Waals surface area contributed by atoms with Crippen LogP contribution in [0.2, 0.25) is 0 Å². The first-order valence-electron chi connectivity index (χ1n) is 6.49. The molecule has 120 valence electrons. The Hall–Kier alpha value is -0.990. The molecule has 0 aromatic heterocycles. The van der Waals surface area contributed by atoms with Crippen LogP contribution in [0.1, 0.15) is 25.0 Å². The van der Waals surface area contributed by atoms with Crippen LogP contribution < -0.4 is 11.1 Å². The fourth-order valence-corrected chi connectivity index (χ4v) is 1.53. The summed E-state index contributed by atoms with van der Waals surface area (Å²) in [5, 5.41) is 2.94. The van der Waals surface area contributed by atoms with Gasteiger partial charge in [-0.15, -0.1) is 24.0 Å². The van der Waals surface area contributed by atoms with Gasteiger partial charge in [-0.2, -0.15) is 13.2 Å². The molecule has 0 aliphatic carbocycles. The van der Waals surface area contributed by atoms with Crippen LogP contribution in [0.25, 0.3) is 0 Å². The Morgan fingerprint density at radius 2 is 1.81 bits per heavy atom. The number of benzene rings is 1. The highest BCUT2D eigenvalue weighted by molar-refractivity contribution is 14.0. The van der Waals surface area contributed by atoms with Crippen molar-refractivity contribution in [1.29, 1.82) is 0 Å². The van der Waals surface area contributed by atoms with Gasteiger partial charge < -0.3 is 11.1 Å². The van der Waals surface area contributed by atoms with Gasteiger partial charge in [-0.1, -0.05) is 26.0 Å². The van der Waals surface area contributed by atoms with Gasteiger partial charge in [0.1, 0.15) is 0 Å². The normalized spacial score (nSPS) is 12.2. The van der Waals surface area contributed by atoms with Crippen LogP contribution in [0.15, 0.2) is 29.3 Å². The second-order valence-corrected chi connectivity index (χ2v) is 4.99. The lowest BCUT2D eigenvalue weighted by Crippen LogP contribution is -2.33. The number of nitrogens with one attached hydrogen (secondary N) is 1. The molecule has 21 heavy (non-hydrogen) atoms. The molecule has 0 atom stereocenters. The quantitative estimate of drug-likeness (QED) is 0.440. The molecule has 0 fully saturated rings. The third kappa shape index (κ3) is 8.13. The second kappa shape index (κ2) is 9.11. The monoisotopic (exact) mass is 415 g/mol. The first-order chi connectivity index (χ1) is 9.29. The van der Waals surface area contributed by atoms with Crippen molar-refractivity contribution < 1.29 is 13.2 Å². The van der Waals surface area contributed by atoms with E-state index >= 15 is 0 Å². The van der Waals surface area contributed by atoms with E-state index in [1.165, 1.54) is 12.1 Å². The molecule has 1 aromatic rings. The van der Waals surface area contributed by atoms with E-state index in [2.05, 4.69) is 10.3 Å². The fraction of sp³-hybridized carbons (Fsp3) is 0.500. The second-order valence-electron chi connectivity index (χ2n) is 4.99. The summed E-state index contributed by atoms with van der Waals surface area (Å²) in [6, 6.07) is 5.13. The zero-order valence-electron chi connectivity index (χ0n) is 12.1. The molecule has 1 aromatic carbocycles. The molecule has 0 saturated carbocycles. The van der Waals surface area contributed by atoms with Crippen LogP contribution in [0, 0.1) is 5.92 Å². The Balaban J connectivity index is 0.00000400. The number of hydrogen-bond acceptors (Lipinski definition) is 1. The Morgan fingerprint density at radius 1 is 1.24 bits per heavy atom. The third-order valence-corrected chi connectivity index (χ3v) is 2.63. The summed E-state index contributed by atoms with van der Waals surface area (Å²) in [6.07, 6.45) is -3.69. The first kappa shape index (κ1) is 20.0. The molecular weight excluding hydrogens is 394 g/mol. The predicted octanol–water partition coefficient (Wildman–Crippen LogP) is 3.43. The molecular formula is C14H21F3IN3. The van der Waals surface area contributed by atoms with Crippen LogP contribution in [-0.2, 0) is 12.6 Å². The van der Waals surface area contributed by atoms with E-state index in [4.69, 9.17) is 5.73 Å². The average Bonchev–Trinajstić information content (AvgIpc) is 2.36. The molecule has 0 unspecified atom stereocenters. The molecule has 3 N–H and O–H groups in total. The van der Waals surface area contributed by atoms with Crippen molar-refractivity contribution in [3.63, 3.8) is 0 Å². The minimum Gasteiger partial charge on any atom is -0.370 e. The Morgan fingerprint density at radius 3 is 2.29 bits per heavy atom. The summed E-state index contributed by atoms with van der Waals surface area (Å²) in [4.78, 5) is 4.14. The molecule has 0 amide bonds. The van der Waals surface area contributed by atoms with Gasteiger partial charge in [0.2, 0.25) is 0 Å². The molecule has 0 radical (unpaired) electrons. The van der Waals surface area contributed by atoms with Gasteiger partial charge in [-0.3, -0.25) is 4.99 Å². The zero-order valence-corrected chi connectivity index (χ0v) is 14.4. The lowest BCUT2D eigenvalue weighted by molar-refractivity contribution is -0.137. The Labute approximate surface area is 140 Å². The van der Waals surface area contributed by atoms with Gasteiger partial charge in [0, 0.05) is 13.1 Å². The van der Waals surface area contributed by atoms with E-state index in [0.29, 0.717) is 31.4 Å². The van der Waals surface area contributed by atoms with Crippen molar-refractivity contribution >= 4 is 29.9 Å². The summed E-state index contributed by atoms with van der Waals surface area (Å²) in [5.74, 6) is 0.802. The topological polar surface area (TPSA) is 50.4 Å². The largest absolute Gasteiger partial charge is 0.416 e. The van der Waals surface area contributed by atoms with Gasteiger partial charge in [0.25, 0.3) is 0 Å². The zero-order chi connectivity index (χ0) is 15.2. The molecule has 0 bridgehead atoms. The number of nitrogens with zero attached hydrogens (tertiary/aromatic N) is 1. The fourth-order valence-electron chi connectivity index (χ4n) is 1.53. The van der Waals surface area contributed by atoms with E-state index in [9.17, 15) is 13.2 Å². The molecule has 0 aliphatic rings.